The van der Waals surface area contributed by atoms with E-state index >= 15 is 0 Å². The number of benzene rings is 1. The van der Waals surface area contributed by atoms with Crippen molar-refractivity contribution in [1.82, 2.24) is 24.4 Å². The molecular formula is C21H25ClN6O. The Bertz CT molecular complexity index is 996. The standard InChI is InChI=1S/C21H25ClN6O/c1-27(19(14-4-2-3-5-14)15-6-8-16(22)9-7-15)17(29)10-11-28-13-26-18-20(23)24-12-25-21(18)28/h6-9,12-14,19H,2-5,10-11H2,1H3,(H2,23,24,25). The Labute approximate surface area is 174 Å². The Morgan fingerprint density at radius 2 is 1.97 bits per heavy atom. The molecule has 0 saturated heterocycles. The Kier molecular flexibility index (Phi) is 5.67. The van der Waals surface area contributed by atoms with Crippen LogP contribution in [0.5, 0.6) is 0 Å². The molecule has 1 atom stereocenters. The molecule has 2 aromatic heterocycles. The van der Waals surface area contributed by atoms with E-state index in [1.54, 1.807) is 6.33 Å². The number of nitrogen functional groups attached to an aromatic ring is 1. The number of carbonyl (C=O) groups excluding carboxylic acids is 1. The summed E-state index contributed by atoms with van der Waals surface area (Å²) < 4.78 is 1.85. The molecule has 3 aromatic rings. The second-order valence-corrected chi connectivity index (χ2v) is 8.10. The van der Waals surface area contributed by atoms with Crippen LogP contribution in [0.1, 0.15) is 43.7 Å². The molecule has 0 aliphatic heterocycles. The predicted molar refractivity (Wildman–Crippen MR) is 113 cm³/mol. The summed E-state index contributed by atoms with van der Waals surface area (Å²) in [6.45, 7) is 0.494. The van der Waals surface area contributed by atoms with Crippen molar-refractivity contribution in [2.24, 2.45) is 5.92 Å². The zero-order chi connectivity index (χ0) is 20.4. The predicted octanol–water partition coefficient (Wildman–Crippen LogP) is 3.84. The first-order chi connectivity index (χ1) is 14.0. The number of aromatic nitrogens is 4. The van der Waals surface area contributed by atoms with Crippen LogP contribution in [0.2, 0.25) is 5.02 Å². The number of halogens is 1. The van der Waals surface area contributed by atoms with Gasteiger partial charge in [-0.15, -0.1) is 0 Å². The van der Waals surface area contributed by atoms with E-state index in [0.29, 0.717) is 40.9 Å². The van der Waals surface area contributed by atoms with Crippen molar-refractivity contribution in [1.29, 1.82) is 0 Å². The van der Waals surface area contributed by atoms with E-state index in [9.17, 15) is 4.79 Å². The maximum Gasteiger partial charge on any atom is 0.224 e. The van der Waals surface area contributed by atoms with Gasteiger partial charge in [0.1, 0.15) is 11.8 Å². The lowest BCUT2D eigenvalue weighted by Crippen LogP contribution is -2.35. The third-order valence-electron chi connectivity index (χ3n) is 5.86. The van der Waals surface area contributed by atoms with Crippen LogP contribution >= 0.6 is 11.6 Å². The number of anilines is 1. The van der Waals surface area contributed by atoms with Crippen molar-refractivity contribution < 1.29 is 4.79 Å². The SMILES string of the molecule is CN(C(=O)CCn1cnc2c(N)ncnc21)C(c1ccc(Cl)cc1)C1CCCC1. The molecule has 1 fully saturated rings. The van der Waals surface area contributed by atoms with Crippen LogP contribution in [0.15, 0.2) is 36.9 Å². The number of fused-ring (bicyclic) bond motifs is 1. The van der Waals surface area contributed by atoms with Crippen LogP contribution < -0.4 is 5.73 Å². The first-order valence-electron chi connectivity index (χ1n) is 9.97. The van der Waals surface area contributed by atoms with Crippen LogP contribution in [0, 0.1) is 5.92 Å². The van der Waals surface area contributed by atoms with E-state index in [2.05, 4.69) is 15.0 Å². The quantitative estimate of drug-likeness (QED) is 0.664. The molecule has 0 spiro atoms. The summed E-state index contributed by atoms with van der Waals surface area (Å²) >= 11 is 6.08. The lowest BCUT2D eigenvalue weighted by Gasteiger charge is -2.33. The number of nitrogens with two attached hydrogens (primary N) is 1. The first kappa shape index (κ1) is 19.6. The molecule has 0 bridgehead atoms. The Morgan fingerprint density at radius 3 is 2.69 bits per heavy atom. The smallest absolute Gasteiger partial charge is 0.224 e. The lowest BCUT2D eigenvalue weighted by atomic mass is 9.90. The van der Waals surface area contributed by atoms with Crippen molar-refractivity contribution >= 4 is 34.5 Å². The maximum absolute atomic E-state index is 13.1. The number of hydrogen-bond acceptors (Lipinski definition) is 5. The number of carbonyl (C=O) groups is 1. The summed E-state index contributed by atoms with van der Waals surface area (Å²) in [7, 11) is 1.91. The van der Waals surface area contributed by atoms with Gasteiger partial charge in [0, 0.05) is 25.0 Å². The summed E-state index contributed by atoms with van der Waals surface area (Å²) in [5.74, 6) is 0.925. The molecule has 1 aliphatic rings. The number of amides is 1. The van der Waals surface area contributed by atoms with E-state index in [1.165, 1.54) is 19.2 Å². The number of nitrogens with zero attached hydrogens (tertiary/aromatic N) is 5. The summed E-state index contributed by atoms with van der Waals surface area (Å²) in [6.07, 6.45) is 8.18. The van der Waals surface area contributed by atoms with Gasteiger partial charge in [0.25, 0.3) is 0 Å². The Hall–Kier alpha value is -2.67. The number of imidazole rings is 1. The summed E-state index contributed by atoms with van der Waals surface area (Å²) in [4.78, 5) is 27.5. The zero-order valence-corrected chi connectivity index (χ0v) is 17.2. The van der Waals surface area contributed by atoms with Gasteiger partial charge in [-0.2, -0.15) is 0 Å². The maximum atomic E-state index is 13.1. The van der Waals surface area contributed by atoms with Crippen molar-refractivity contribution in [3.8, 4) is 0 Å². The fraction of sp³-hybridized carbons (Fsp3) is 0.429. The summed E-state index contributed by atoms with van der Waals surface area (Å²) in [6, 6.07) is 7.95. The Morgan fingerprint density at radius 1 is 1.24 bits per heavy atom. The average molecular weight is 413 g/mol. The molecule has 0 radical (unpaired) electrons. The normalized spacial score (nSPS) is 15.7. The van der Waals surface area contributed by atoms with Crippen LogP contribution in [0.25, 0.3) is 11.2 Å². The van der Waals surface area contributed by atoms with Crippen LogP contribution in [-0.4, -0.2) is 37.4 Å². The van der Waals surface area contributed by atoms with Gasteiger partial charge in [0.15, 0.2) is 11.5 Å². The number of aryl methyl sites for hydroxylation is 1. The number of rotatable bonds is 6. The van der Waals surface area contributed by atoms with Gasteiger partial charge in [0.05, 0.1) is 12.4 Å². The van der Waals surface area contributed by atoms with E-state index in [-0.39, 0.29) is 11.9 Å². The van der Waals surface area contributed by atoms with Gasteiger partial charge in [-0.25, -0.2) is 15.0 Å². The highest BCUT2D eigenvalue weighted by atomic mass is 35.5. The Balaban J connectivity index is 1.50. The van der Waals surface area contributed by atoms with Gasteiger partial charge in [-0.1, -0.05) is 36.6 Å². The molecule has 152 valence electrons. The van der Waals surface area contributed by atoms with E-state index in [1.807, 2.05) is 40.8 Å². The largest absolute Gasteiger partial charge is 0.382 e. The minimum atomic E-state index is 0.0692. The topological polar surface area (TPSA) is 89.9 Å². The molecule has 7 nitrogen and oxygen atoms in total. The van der Waals surface area contributed by atoms with Crippen LogP contribution in [0.3, 0.4) is 0 Å². The first-order valence-corrected chi connectivity index (χ1v) is 10.3. The van der Waals surface area contributed by atoms with Crippen molar-refractivity contribution in [3.05, 3.63) is 47.5 Å². The molecule has 4 rings (SSSR count). The molecule has 1 unspecified atom stereocenters. The highest BCUT2D eigenvalue weighted by Gasteiger charge is 2.31. The third-order valence-corrected chi connectivity index (χ3v) is 6.12. The fourth-order valence-electron chi connectivity index (χ4n) is 4.36. The highest BCUT2D eigenvalue weighted by molar-refractivity contribution is 6.30. The van der Waals surface area contributed by atoms with Crippen LogP contribution in [-0.2, 0) is 11.3 Å². The lowest BCUT2D eigenvalue weighted by molar-refractivity contribution is -0.133. The summed E-state index contributed by atoms with van der Waals surface area (Å²) in [5, 5.41) is 0.709. The molecule has 1 aliphatic carbocycles. The molecule has 2 N–H and O–H groups in total. The molecule has 2 heterocycles. The zero-order valence-electron chi connectivity index (χ0n) is 16.5. The highest BCUT2D eigenvalue weighted by Crippen LogP contribution is 2.39. The molecular weight excluding hydrogens is 388 g/mol. The van der Waals surface area contributed by atoms with Gasteiger partial charge >= 0.3 is 0 Å². The van der Waals surface area contributed by atoms with Crippen molar-refractivity contribution in [3.63, 3.8) is 0 Å². The van der Waals surface area contributed by atoms with Crippen molar-refractivity contribution in [2.75, 3.05) is 12.8 Å². The van der Waals surface area contributed by atoms with Gasteiger partial charge < -0.3 is 15.2 Å². The molecule has 1 amide bonds. The average Bonchev–Trinajstić information content (AvgIpc) is 3.38. The number of hydrogen-bond donors (Lipinski definition) is 1. The van der Waals surface area contributed by atoms with Gasteiger partial charge in [-0.05, 0) is 36.5 Å². The van der Waals surface area contributed by atoms with Crippen molar-refractivity contribution in [2.45, 2.75) is 44.7 Å². The molecule has 1 saturated carbocycles. The second-order valence-electron chi connectivity index (χ2n) is 7.66. The summed E-state index contributed by atoms with van der Waals surface area (Å²) in [5.41, 5.74) is 8.21. The van der Waals surface area contributed by atoms with Gasteiger partial charge in [0.2, 0.25) is 5.91 Å². The molecule has 29 heavy (non-hydrogen) atoms. The van der Waals surface area contributed by atoms with E-state index in [0.717, 1.165) is 18.4 Å². The van der Waals surface area contributed by atoms with Gasteiger partial charge in [-0.3, -0.25) is 4.79 Å². The third kappa shape index (κ3) is 4.05. The molecule has 1 aromatic carbocycles. The molecule has 8 heteroatoms. The second kappa shape index (κ2) is 8.37. The minimum absolute atomic E-state index is 0.0692. The van der Waals surface area contributed by atoms with E-state index < -0.39 is 0 Å². The van der Waals surface area contributed by atoms with E-state index in [4.69, 9.17) is 17.3 Å². The van der Waals surface area contributed by atoms with Crippen LogP contribution in [0.4, 0.5) is 5.82 Å². The minimum Gasteiger partial charge on any atom is -0.382 e. The fourth-order valence-corrected chi connectivity index (χ4v) is 4.48. The monoisotopic (exact) mass is 412 g/mol.